The van der Waals surface area contributed by atoms with Crippen molar-refractivity contribution in [1.82, 2.24) is 5.32 Å². The fourth-order valence-corrected chi connectivity index (χ4v) is 1.75. The average Bonchev–Trinajstić information content (AvgIpc) is 3.07. The molecular formula is C16H16FNO5. The number of hydrogen-bond donors (Lipinski definition) is 1. The molecule has 1 amide bonds. The summed E-state index contributed by atoms with van der Waals surface area (Å²) in [7, 11) is 0. The molecule has 0 aliphatic carbocycles. The van der Waals surface area contributed by atoms with Gasteiger partial charge in [0.25, 0.3) is 5.91 Å². The van der Waals surface area contributed by atoms with Gasteiger partial charge in [0.15, 0.2) is 13.2 Å². The van der Waals surface area contributed by atoms with Crippen LogP contribution in [0.15, 0.2) is 47.1 Å². The van der Waals surface area contributed by atoms with E-state index in [2.05, 4.69) is 5.32 Å². The highest BCUT2D eigenvalue weighted by Crippen LogP contribution is 2.12. The number of rotatable bonds is 7. The van der Waals surface area contributed by atoms with Gasteiger partial charge in [0.05, 0.1) is 12.3 Å². The number of benzene rings is 1. The Labute approximate surface area is 132 Å². The summed E-state index contributed by atoms with van der Waals surface area (Å²) in [5, 5.41) is 2.63. The van der Waals surface area contributed by atoms with Gasteiger partial charge < -0.3 is 19.2 Å². The van der Waals surface area contributed by atoms with Crippen molar-refractivity contribution in [3.8, 4) is 5.75 Å². The Morgan fingerprint density at radius 1 is 1.22 bits per heavy atom. The highest BCUT2D eigenvalue weighted by molar-refractivity contribution is 5.81. The highest BCUT2D eigenvalue weighted by atomic mass is 19.1. The summed E-state index contributed by atoms with van der Waals surface area (Å²) < 4.78 is 27.7. The number of amides is 1. The number of hydrogen-bond acceptors (Lipinski definition) is 5. The van der Waals surface area contributed by atoms with Gasteiger partial charge in [-0.3, -0.25) is 4.79 Å². The Bertz CT molecular complexity index is 639. The lowest BCUT2D eigenvalue weighted by Crippen LogP contribution is -2.31. The van der Waals surface area contributed by atoms with E-state index in [9.17, 15) is 14.0 Å². The number of esters is 1. The number of furan rings is 1. The summed E-state index contributed by atoms with van der Waals surface area (Å²) in [5.74, 6) is -0.620. The summed E-state index contributed by atoms with van der Waals surface area (Å²) >= 11 is 0. The number of ether oxygens (including phenoxy) is 2. The molecule has 0 aliphatic rings. The van der Waals surface area contributed by atoms with Gasteiger partial charge in [-0.25, -0.2) is 9.18 Å². The molecule has 1 aromatic carbocycles. The lowest BCUT2D eigenvalue weighted by atomic mass is 10.2. The second-order valence-electron chi connectivity index (χ2n) is 4.71. The second kappa shape index (κ2) is 7.98. The van der Waals surface area contributed by atoms with Crippen molar-refractivity contribution in [2.75, 3.05) is 13.2 Å². The quantitative estimate of drug-likeness (QED) is 0.791. The molecule has 0 aliphatic heterocycles. The first-order valence-corrected chi connectivity index (χ1v) is 6.91. The summed E-state index contributed by atoms with van der Waals surface area (Å²) in [6.07, 6.45) is 1.50. The number of nitrogens with one attached hydrogen (secondary N) is 1. The van der Waals surface area contributed by atoms with Crippen LogP contribution in [0.2, 0.25) is 0 Å². The smallest absolute Gasteiger partial charge is 0.344 e. The van der Waals surface area contributed by atoms with Crippen molar-refractivity contribution >= 4 is 11.9 Å². The van der Waals surface area contributed by atoms with Crippen molar-refractivity contribution < 1.29 is 27.9 Å². The zero-order chi connectivity index (χ0) is 16.7. The van der Waals surface area contributed by atoms with Crippen LogP contribution in [0, 0.1) is 5.82 Å². The van der Waals surface area contributed by atoms with E-state index in [0.29, 0.717) is 11.5 Å². The van der Waals surface area contributed by atoms with Crippen LogP contribution in [-0.4, -0.2) is 25.1 Å². The lowest BCUT2D eigenvalue weighted by molar-refractivity contribution is -0.150. The largest absolute Gasteiger partial charge is 0.482 e. The van der Waals surface area contributed by atoms with Gasteiger partial charge in [-0.2, -0.15) is 0 Å². The molecular weight excluding hydrogens is 305 g/mol. The third kappa shape index (κ3) is 5.46. The molecule has 0 bridgehead atoms. The Morgan fingerprint density at radius 2 is 1.96 bits per heavy atom. The van der Waals surface area contributed by atoms with Crippen molar-refractivity contribution in [3.63, 3.8) is 0 Å². The Kier molecular flexibility index (Phi) is 5.74. The summed E-state index contributed by atoms with van der Waals surface area (Å²) in [5.41, 5.74) is 0. The summed E-state index contributed by atoms with van der Waals surface area (Å²) in [6, 6.07) is 8.32. The predicted octanol–water partition coefficient (Wildman–Crippen LogP) is 2.22. The highest BCUT2D eigenvalue weighted by Gasteiger charge is 2.13. The molecule has 0 unspecified atom stereocenters. The first kappa shape index (κ1) is 16.5. The number of carbonyl (C=O) groups excluding carboxylic acids is 2. The third-order valence-electron chi connectivity index (χ3n) is 2.88. The van der Waals surface area contributed by atoms with E-state index in [1.54, 1.807) is 19.1 Å². The van der Waals surface area contributed by atoms with Gasteiger partial charge in [0, 0.05) is 0 Å². The number of carbonyl (C=O) groups is 2. The SMILES string of the molecule is C[C@H](NC(=O)COC(=O)COc1ccc(F)cc1)c1ccco1. The summed E-state index contributed by atoms with van der Waals surface area (Å²) in [6.45, 7) is 0.958. The molecule has 1 atom stereocenters. The van der Waals surface area contributed by atoms with Crippen LogP contribution in [0.1, 0.15) is 18.7 Å². The van der Waals surface area contributed by atoms with Crippen molar-refractivity contribution in [2.45, 2.75) is 13.0 Å². The van der Waals surface area contributed by atoms with Crippen LogP contribution in [0.3, 0.4) is 0 Å². The number of halogens is 1. The van der Waals surface area contributed by atoms with E-state index in [4.69, 9.17) is 13.9 Å². The van der Waals surface area contributed by atoms with Gasteiger partial charge >= 0.3 is 5.97 Å². The molecule has 0 spiro atoms. The minimum Gasteiger partial charge on any atom is -0.482 e. The first-order chi connectivity index (χ1) is 11.0. The van der Waals surface area contributed by atoms with Gasteiger partial charge in [-0.1, -0.05) is 0 Å². The molecule has 122 valence electrons. The van der Waals surface area contributed by atoms with Gasteiger partial charge in [0.1, 0.15) is 17.3 Å². The Hall–Kier alpha value is -2.83. The van der Waals surface area contributed by atoms with E-state index in [1.807, 2.05) is 0 Å². The molecule has 1 aromatic heterocycles. The van der Waals surface area contributed by atoms with E-state index in [-0.39, 0.29) is 12.6 Å². The molecule has 0 fully saturated rings. The van der Waals surface area contributed by atoms with Gasteiger partial charge in [-0.15, -0.1) is 0 Å². The summed E-state index contributed by atoms with van der Waals surface area (Å²) in [4.78, 5) is 23.1. The van der Waals surface area contributed by atoms with Crippen LogP contribution in [-0.2, 0) is 14.3 Å². The molecule has 2 rings (SSSR count). The molecule has 1 N–H and O–H groups in total. The van der Waals surface area contributed by atoms with E-state index in [1.165, 1.54) is 30.5 Å². The molecule has 0 saturated heterocycles. The molecule has 7 heteroatoms. The molecule has 0 radical (unpaired) electrons. The van der Waals surface area contributed by atoms with Crippen LogP contribution >= 0.6 is 0 Å². The fraction of sp³-hybridized carbons (Fsp3) is 0.250. The van der Waals surface area contributed by atoms with Crippen molar-refractivity contribution in [3.05, 3.63) is 54.2 Å². The van der Waals surface area contributed by atoms with Crippen molar-refractivity contribution in [2.24, 2.45) is 0 Å². The molecule has 1 heterocycles. The predicted molar refractivity (Wildman–Crippen MR) is 78.1 cm³/mol. The van der Waals surface area contributed by atoms with E-state index >= 15 is 0 Å². The monoisotopic (exact) mass is 321 g/mol. The van der Waals surface area contributed by atoms with E-state index in [0.717, 1.165) is 0 Å². The zero-order valence-corrected chi connectivity index (χ0v) is 12.5. The maximum atomic E-state index is 12.7. The molecule has 23 heavy (non-hydrogen) atoms. The van der Waals surface area contributed by atoms with Gasteiger partial charge in [0.2, 0.25) is 0 Å². The van der Waals surface area contributed by atoms with Crippen molar-refractivity contribution in [1.29, 1.82) is 0 Å². The fourth-order valence-electron chi connectivity index (χ4n) is 1.75. The minimum atomic E-state index is -0.699. The topological polar surface area (TPSA) is 77.8 Å². The second-order valence-corrected chi connectivity index (χ2v) is 4.71. The lowest BCUT2D eigenvalue weighted by Gasteiger charge is -2.11. The Balaban J connectivity index is 1.67. The maximum absolute atomic E-state index is 12.7. The first-order valence-electron chi connectivity index (χ1n) is 6.91. The normalized spacial score (nSPS) is 11.6. The van der Waals surface area contributed by atoms with E-state index < -0.39 is 24.3 Å². The Morgan fingerprint density at radius 3 is 2.61 bits per heavy atom. The standard InChI is InChI=1S/C16H16FNO5/c1-11(14-3-2-8-21-14)18-15(19)9-23-16(20)10-22-13-6-4-12(17)5-7-13/h2-8,11H,9-10H2,1H3,(H,18,19)/t11-/m0/s1. The van der Waals surface area contributed by atoms with Crippen LogP contribution < -0.4 is 10.1 Å². The average molecular weight is 321 g/mol. The maximum Gasteiger partial charge on any atom is 0.344 e. The molecule has 0 saturated carbocycles. The molecule has 2 aromatic rings. The van der Waals surface area contributed by atoms with Crippen LogP contribution in [0.25, 0.3) is 0 Å². The zero-order valence-electron chi connectivity index (χ0n) is 12.5. The minimum absolute atomic E-state index is 0.327. The van der Waals surface area contributed by atoms with Crippen LogP contribution in [0.4, 0.5) is 4.39 Å². The van der Waals surface area contributed by atoms with Crippen LogP contribution in [0.5, 0.6) is 5.75 Å². The third-order valence-corrected chi connectivity index (χ3v) is 2.88. The molecule has 6 nitrogen and oxygen atoms in total. The van der Waals surface area contributed by atoms with Gasteiger partial charge in [-0.05, 0) is 43.3 Å².